The third-order valence-electron chi connectivity index (χ3n) is 13.4. The zero-order chi connectivity index (χ0) is 49.0. The van der Waals surface area contributed by atoms with Gasteiger partial charge in [0.1, 0.15) is 24.4 Å². The van der Waals surface area contributed by atoms with Gasteiger partial charge in [-0.2, -0.15) is 0 Å². The number of allylic oxidation sites excluding steroid dienone is 3. The quantitative estimate of drug-likeness (QED) is 0.0196. The summed E-state index contributed by atoms with van der Waals surface area (Å²) in [5, 5.41) is 56.7. The Hall–Kier alpha value is -1.86. The van der Waals surface area contributed by atoms with Gasteiger partial charge in [0.2, 0.25) is 5.91 Å². The minimum Gasteiger partial charge on any atom is -0.454 e. The lowest BCUT2D eigenvalue weighted by molar-refractivity contribution is -0.305. The average Bonchev–Trinajstić information content (AvgIpc) is 3.32. The van der Waals surface area contributed by atoms with E-state index in [0.717, 1.165) is 57.8 Å². The van der Waals surface area contributed by atoms with Crippen LogP contribution >= 0.6 is 0 Å². The van der Waals surface area contributed by atoms with Crippen LogP contribution in [0.4, 0.5) is 0 Å². The second-order valence-corrected chi connectivity index (χ2v) is 19.7. The summed E-state index contributed by atoms with van der Waals surface area (Å²) in [4.78, 5) is 26.4. The van der Waals surface area contributed by atoms with E-state index < -0.39 is 67.4 Å². The number of unbranched alkanes of at least 4 members (excludes halogenated alkanes) is 31. The topological polar surface area (TPSA) is 175 Å². The van der Waals surface area contributed by atoms with E-state index in [2.05, 4.69) is 38.2 Å². The fourth-order valence-corrected chi connectivity index (χ4v) is 8.82. The van der Waals surface area contributed by atoms with Crippen LogP contribution in [0.2, 0.25) is 0 Å². The normalized spacial score (nSPS) is 20.1. The first-order valence-electron chi connectivity index (χ1n) is 28.1. The van der Waals surface area contributed by atoms with Gasteiger partial charge in [0.25, 0.3) is 0 Å². The number of amides is 1. The van der Waals surface area contributed by atoms with Crippen molar-refractivity contribution in [3.05, 3.63) is 24.3 Å². The molecular weight excluding hydrogens is 847 g/mol. The van der Waals surface area contributed by atoms with Gasteiger partial charge >= 0.3 is 5.97 Å². The molecule has 11 nitrogen and oxygen atoms in total. The molecule has 394 valence electrons. The Morgan fingerprint density at radius 1 is 0.567 bits per heavy atom. The molecule has 1 amide bonds. The van der Waals surface area contributed by atoms with Gasteiger partial charge in [0, 0.05) is 6.42 Å². The highest BCUT2D eigenvalue weighted by molar-refractivity contribution is 5.80. The van der Waals surface area contributed by atoms with E-state index in [1.165, 1.54) is 154 Å². The maximum Gasteiger partial charge on any atom is 0.306 e. The molecule has 1 heterocycles. The zero-order valence-corrected chi connectivity index (χ0v) is 43.3. The fraction of sp³-hybridized carbons (Fsp3) is 0.893. The number of rotatable bonds is 47. The van der Waals surface area contributed by atoms with E-state index >= 15 is 0 Å². The summed E-state index contributed by atoms with van der Waals surface area (Å²) in [5.41, 5.74) is 0. The largest absolute Gasteiger partial charge is 0.454 e. The number of hydrogen-bond acceptors (Lipinski definition) is 10. The van der Waals surface area contributed by atoms with E-state index in [-0.39, 0.29) is 19.4 Å². The maximum atomic E-state index is 13.3. The van der Waals surface area contributed by atoms with Crippen molar-refractivity contribution in [2.24, 2.45) is 0 Å². The Balaban J connectivity index is 2.75. The smallest absolute Gasteiger partial charge is 0.306 e. The number of nitrogens with one attached hydrogen (secondary N) is 1. The molecule has 1 aliphatic rings. The number of carbonyl (C=O) groups is 2. The molecule has 1 fully saturated rings. The van der Waals surface area contributed by atoms with Crippen molar-refractivity contribution >= 4 is 11.9 Å². The van der Waals surface area contributed by atoms with Crippen molar-refractivity contribution in [3.63, 3.8) is 0 Å². The molecule has 0 spiro atoms. The number of ether oxygens (including phenoxy) is 3. The summed E-state index contributed by atoms with van der Waals surface area (Å²) in [7, 11) is 0. The zero-order valence-electron chi connectivity index (χ0n) is 43.3. The van der Waals surface area contributed by atoms with E-state index in [0.29, 0.717) is 12.8 Å². The summed E-state index contributed by atoms with van der Waals surface area (Å²) in [6, 6.07) is -1.02. The highest BCUT2D eigenvalue weighted by Gasteiger charge is 2.47. The minimum absolute atomic E-state index is 0.127. The molecule has 0 aromatic heterocycles. The van der Waals surface area contributed by atoms with Crippen LogP contribution in [0, 0.1) is 0 Å². The highest BCUT2D eigenvalue weighted by Crippen LogP contribution is 2.26. The van der Waals surface area contributed by atoms with Crippen LogP contribution in [0.5, 0.6) is 0 Å². The van der Waals surface area contributed by atoms with Gasteiger partial charge in [-0.25, -0.2) is 0 Å². The van der Waals surface area contributed by atoms with Crippen molar-refractivity contribution in [1.29, 1.82) is 0 Å². The summed E-state index contributed by atoms with van der Waals surface area (Å²) in [6.45, 7) is 5.76. The lowest BCUT2D eigenvalue weighted by Crippen LogP contribution is -2.61. The van der Waals surface area contributed by atoms with Crippen LogP contribution in [0.1, 0.15) is 258 Å². The van der Waals surface area contributed by atoms with Crippen molar-refractivity contribution in [3.8, 4) is 0 Å². The lowest BCUT2D eigenvalue weighted by atomic mass is 9.99. The fourth-order valence-electron chi connectivity index (χ4n) is 8.82. The molecule has 0 aliphatic carbocycles. The van der Waals surface area contributed by atoms with Crippen LogP contribution in [-0.4, -0.2) is 99.6 Å². The van der Waals surface area contributed by atoms with Crippen LogP contribution in [0.15, 0.2) is 24.3 Å². The first-order chi connectivity index (χ1) is 32.7. The molecule has 67 heavy (non-hydrogen) atoms. The molecule has 1 rings (SSSR count). The molecule has 0 aromatic rings. The molecule has 1 aliphatic heterocycles. The Bertz CT molecular complexity index is 1180. The molecule has 6 N–H and O–H groups in total. The second kappa shape index (κ2) is 45.3. The molecule has 1 saturated heterocycles. The predicted octanol–water partition coefficient (Wildman–Crippen LogP) is 12.2. The summed E-state index contributed by atoms with van der Waals surface area (Å²) in [5.74, 6) is -1.20. The van der Waals surface area contributed by atoms with E-state index in [9.17, 15) is 35.1 Å². The standard InChI is InChI=1S/C56H105NO10/c1-4-7-10-13-16-19-22-24-26-29-32-35-38-41-44-51(61)67-54-53(63)52(62)50(45-58)66-56(54)65-46-47(48(59)42-39-36-33-30-27-21-18-15-12-9-6-3)57-55(64)49(60)43-40-37-34-31-28-25-23-20-17-14-11-8-5-2/h28,31,39,42,47-50,52-54,56,58-60,62-63H,4-27,29-30,32-38,40-41,43-46H2,1-3H3,(H,57,64)/b31-28-,42-39+. The van der Waals surface area contributed by atoms with Gasteiger partial charge < -0.3 is 45.1 Å². The number of aliphatic hydroxyl groups is 5. The summed E-state index contributed by atoms with van der Waals surface area (Å²) >= 11 is 0. The SMILES string of the molecule is CCCCCCCCC/C=C\CCCCC(O)C(=O)NC(COC1OC(CO)C(O)C(O)C1OC(=O)CCCCCCCCCCCCCCCC)C(O)/C=C/CCCCCCCCCCC. The van der Waals surface area contributed by atoms with Crippen LogP contribution in [0.25, 0.3) is 0 Å². The Morgan fingerprint density at radius 2 is 0.985 bits per heavy atom. The second-order valence-electron chi connectivity index (χ2n) is 19.7. The van der Waals surface area contributed by atoms with Gasteiger partial charge in [0.15, 0.2) is 12.4 Å². The molecule has 0 radical (unpaired) electrons. The van der Waals surface area contributed by atoms with Gasteiger partial charge in [-0.15, -0.1) is 0 Å². The number of carbonyl (C=O) groups excluding carboxylic acids is 2. The van der Waals surface area contributed by atoms with Crippen molar-refractivity contribution in [1.82, 2.24) is 5.32 Å². The molecule has 0 aromatic carbocycles. The summed E-state index contributed by atoms with van der Waals surface area (Å²) in [6.07, 6.45) is 39.4. The summed E-state index contributed by atoms with van der Waals surface area (Å²) < 4.78 is 17.5. The Morgan fingerprint density at radius 3 is 1.45 bits per heavy atom. The van der Waals surface area contributed by atoms with Gasteiger partial charge in [0.05, 0.1) is 25.4 Å². The van der Waals surface area contributed by atoms with Crippen LogP contribution in [0.3, 0.4) is 0 Å². The van der Waals surface area contributed by atoms with E-state index in [1.807, 2.05) is 6.08 Å². The number of aliphatic hydroxyl groups excluding tert-OH is 5. The molecule has 0 saturated carbocycles. The highest BCUT2D eigenvalue weighted by atomic mass is 16.7. The molecular formula is C56H105NO10. The van der Waals surface area contributed by atoms with Gasteiger partial charge in [-0.3, -0.25) is 9.59 Å². The molecule has 8 unspecified atom stereocenters. The molecule has 8 atom stereocenters. The maximum absolute atomic E-state index is 13.3. The monoisotopic (exact) mass is 952 g/mol. The van der Waals surface area contributed by atoms with Crippen LogP contribution in [-0.2, 0) is 23.8 Å². The first kappa shape index (κ1) is 63.2. The van der Waals surface area contributed by atoms with Gasteiger partial charge in [-0.1, -0.05) is 225 Å². The predicted molar refractivity (Wildman–Crippen MR) is 274 cm³/mol. The van der Waals surface area contributed by atoms with Crippen molar-refractivity contribution < 1.29 is 49.3 Å². The Kier molecular flexibility index (Phi) is 42.7. The lowest BCUT2D eigenvalue weighted by Gasteiger charge is -2.41. The Labute approximate surface area is 410 Å². The van der Waals surface area contributed by atoms with E-state index in [4.69, 9.17) is 14.2 Å². The number of esters is 1. The van der Waals surface area contributed by atoms with Crippen molar-refractivity contribution in [2.75, 3.05) is 13.2 Å². The van der Waals surface area contributed by atoms with E-state index in [1.54, 1.807) is 6.08 Å². The minimum atomic E-state index is -1.61. The molecule has 0 bridgehead atoms. The van der Waals surface area contributed by atoms with Crippen molar-refractivity contribution in [2.45, 2.75) is 307 Å². The first-order valence-corrected chi connectivity index (χ1v) is 28.1. The molecule has 11 heteroatoms. The third-order valence-corrected chi connectivity index (χ3v) is 13.4. The average molecular weight is 952 g/mol. The van der Waals surface area contributed by atoms with Gasteiger partial charge in [-0.05, 0) is 51.4 Å². The number of hydrogen-bond donors (Lipinski definition) is 6. The third kappa shape index (κ3) is 34.2. The van der Waals surface area contributed by atoms with Crippen LogP contribution < -0.4 is 5.32 Å².